The second-order valence-corrected chi connectivity index (χ2v) is 6.41. The SMILES string of the molecule is N#Cc1c(-c2ccccc2)cc(-c2ccc3ccccc3c2)c([N+](=O)[O-])c1N. The van der Waals surface area contributed by atoms with E-state index in [1.807, 2.05) is 78.9 Å². The average Bonchev–Trinajstić information content (AvgIpc) is 2.73. The van der Waals surface area contributed by atoms with Gasteiger partial charge in [0.2, 0.25) is 0 Å². The lowest BCUT2D eigenvalue weighted by molar-refractivity contribution is -0.383. The third kappa shape index (κ3) is 2.83. The monoisotopic (exact) mass is 365 g/mol. The third-order valence-electron chi connectivity index (χ3n) is 4.78. The van der Waals surface area contributed by atoms with E-state index in [0.717, 1.165) is 16.3 Å². The highest BCUT2D eigenvalue weighted by Crippen LogP contribution is 2.42. The fourth-order valence-electron chi connectivity index (χ4n) is 3.43. The molecule has 28 heavy (non-hydrogen) atoms. The molecular formula is C23H15N3O2. The summed E-state index contributed by atoms with van der Waals surface area (Å²) in [6.45, 7) is 0. The summed E-state index contributed by atoms with van der Waals surface area (Å²) in [6, 6.07) is 26.5. The summed E-state index contributed by atoms with van der Waals surface area (Å²) < 4.78 is 0. The average molecular weight is 365 g/mol. The van der Waals surface area contributed by atoms with Crippen LogP contribution in [0.5, 0.6) is 0 Å². The Kier molecular flexibility index (Phi) is 4.23. The highest BCUT2D eigenvalue weighted by molar-refractivity contribution is 5.95. The van der Waals surface area contributed by atoms with E-state index < -0.39 is 4.92 Å². The highest BCUT2D eigenvalue weighted by atomic mass is 16.6. The van der Waals surface area contributed by atoms with Crippen molar-refractivity contribution in [2.45, 2.75) is 0 Å². The first kappa shape index (κ1) is 17.3. The Balaban J connectivity index is 2.06. The maximum atomic E-state index is 11.8. The summed E-state index contributed by atoms with van der Waals surface area (Å²) in [4.78, 5) is 11.3. The van der Waals surface area contributed by atoms with Crippen LogP contribution in [0.3, 0.4) is 0 Å². The van der Waals surface area contributed by atoms with Crippen LogP contribution >= 0.6 is 0 Å². The molecule has 0 aliphatic carbocycles. The number of hydrogen-bond donors (Lipinski definition) is 1. The molecule has 4 rings (SSSR count). The number of fused-ring (bicyclic) bond motifs is 1. The fraction of sp³-hybridized carbons (Fsp3) is 0. The van der Waals surface area contributed by atoms with E-state index in [1.54, 1.807) is 6.07 Å². The minimum atomic E-state index is -0.518. The second kappa shape index (κ2) is 6.86. The van der Waals surface area contributed by atoms with Gasteiger partial charge in [0, 0.05) is 5.56 Å². The van der Waals surface area contributed by atoms with Crippen molar-refractivity contribution in [2.24, 2.45) is 0 Å². The summed E-state index contributed by atoms with van der Waals surface area (Å²) in [5, 5.41) is 23.4. The molecule has 0 aliphatic heterocycles. The van der Waals surface area contributed by atoms with Crippen LogP contribution in [0.25, 0.3) is 33.0 Å². The largest absolute Gasteiger partial charge is 0.392 e. The Morgan fingerprint density at radius 1 is 0.821 bits per heavy atom. The molecule has 0 aromatic heterocycles. The number of nitrogens with zero attached hydrogens (tertiary/aromatic N) is 2. The number of benzene rings is 4. The number of nitro groups is 1. The summed E-state index contributed by atoms with van der Waals surface area (Å²) in [6.07, 6.45) is 0. The fourth-order valence-corrected chi connectivity index (χ4v) is 3.43. The zero-order valence-electron chi connectivity index (χ0n) is 14.8. The normalized spacial score (nSPS) is 10.5. The summed E-state index contributed by atoms with van der Waals surface area (Å²) >= 11 is 0. The van der Waals surface area contributed by atoms with Gasteiger partial charge < -0.3 is 5.73 Å². The van der Waals surface area contributed by atoms with Gasteiger partial charge in [0.25, 0.3) is 0 Å². The molecule has 0 radical (unpaired) electrons. The summed E-state index contributed by atoms with van der Waals surface area (Å²) in [5.74, 6) is 0. The lowest BCUT2D eigenvalue weighted by Crippen LogP contribution is -2.03. The smallest absolute Gasteiger partial charge is 0.301 e. The molecule has 5 nitrogen and oxygen atoms in total. The van der Waals surface area contributed by atoms with Crippen LogP contribution in [-0.4, -0.2) is 4.92 Å². The Hall–Kier alpha value is -4.17. The van der Waals surface area contributed by atoms with Gasteiger partial charge >= 0.3 is 5.69 Å². The Morgan fingerprint density at radius 2 is 1.50 bits per heavy atom. The number of nitriles is 1. The Morgan fingerprint density at radius 3 is 2.18 bits per heavy atom. The van der Waals surface area contributed by atoms with Crippen LogP contribution in [-0.2, 0) is 0 Å². The number of rotatable bonds is 3. The molecule has 0 bridgehead atoms. The molecule has 0 saturated heterocycles. The zero-order chi connectivity index (χ0) is 19.7. The van der Waals surface area contributed by atoms with E-state index in [-0.39, 0.29) is 16.9 Å². The second-order valence-electron chi connectivity index (χ2n) is 6.41. The number of nitrogen functional groups attached to an aromatic ring is 1. The Labute approximate surface area is 161 Å². The minimum absolute atomic E-state index is 0.113. The van der Waals surface area contributed by atoms with Gasteiger partial charge in [0.1, 0.15) is 11.8 Å². The molecule has 0 aliphatic rings. The standard InChI is InChI=1S/C23H15N3O2/c24-14-21-19(16-7-2-1-3-8-16)13-20(23(22(21)25)26(27)28)18-11-10-15-6-4-5-9-17(15)12-18/h1-13H,25H2. The van der Waals surface area contributed by atoms with Crippen LogP contribution in [0.2, 0.25) is 0 Å². The summed E-state index contributed by atoms with van der Waals surface area (Å²) in [7, 11) is 0. The first-order valence-corrected chi connectivity index (χ1v) is 8.65. The maximum Gasteiger partial charge on any atom is 0.301 e. The van der Waals surface area contributed by atoms with Gasteiger partial charge in [-0.1, -0.05) is 66.7 Å². The van der Waals surface area contributed by atoms with Crippen molar-refractivity contribution in [3.05, 3.63) is 94.5 Å². The van der Waals surface area contributed by atoms with Crippen LogP contribution in [0.1, 0.15) is 5.56 Å². The molecule has 0 atom stereocenters. The number of nitrogens with two attached hydrogens (primary N) is 1. The highest BCUT2D eigenvalue weighted by Gasteiger charge is 2.26. The lowest BCUT2D eigenvalue weighted by Gasteiger charge is -2.13. The molecular weight excluding hydrogens is 350 g/mol. The topological polar surface area (TPSA) is 92.9 Å². The van der Waals surface area contributed by atoms with Gasteiger partial charge in [-0.25, -0.2) is 0 Å². The molecule has 0 spiro atoms. The number of hydrogen-bond acceptors (Lipinski definition) is 4. The molecule has 0 unspecified atom stereocenters. The molecule has 5 heteroatoms. The zero-order valence-corrected chi connectivity index (χ0v) is 14.8. The molecule has 134 valence electrons. The predicted octanol–water partition coefficient (Wildman–Crippen LogP) is 5.54. The van der Waals surface area contributed by atoms with E-state index >= 15 is 0 Å². The van der Waals surface area contributed by atoms with Crippen molar-refractivity contribution in [3.63, 3.8) is 0 Å². The van der Waals surface area contributed by atoms with E-state index in [0.29, 0.717) is 16.7 Å². The molecule has 0 fully saturated rings. The van der Waals surface area contributed by atoms with Crippen molar-refractivity contribution in [3.8, 4) is 28.3 Å². The van der Waals surface area contributed by atoms with E-state index in [2.05, 4.69) is 0 Å². The van der Waals surface area contributed by atoms with Crippen LogP contribution in [0.4, 0.5) is 11.4 Å². The van der Waals surface area contributed by atoms with Crippen LogP contribution in [0, 0.1) is 21.4 Å². The quantitative estimate of drug-likeness (QED) is 0.293. The van der Waals surface area contributed by atoms with E-state index in [4.69, 9.17) is 5.73 Å². The predicted molar refractivity (Wildman–Crippen MR) is 111 cm³/mol. The van der Waals surface area contributed by atoms with Gasteiger partial charge in [-0.3, -0.25) is 10.1 Å². The van der Waals surface area contributed by atoms with Gasteiger partial charge in [-0.05, 0) is 34.0 Å². The molecule has 4 aromatic rings. The van der Waals surface area contributed by atoms with Crippen LogP contribution in [0.15, 0.2) is 78.9 Å². The van der Waals surface area contributed by atoms with E-state index in [1.165, 1.54) is 0 Å². The summed E-state index contributed by atoms with van der Waals surface area (Å²) in [5.41, 5.74) is 8.31. The lowest BCUT2D eigenvalue weighted by atomic mass is 9.91. The number of nitro benzene ring substituents is 1. The number of anilines is 1. The van der Waals surface area contributed by atoms with Crippen LogP contribution < -0.4 is 5.73 Å². The van der Waals surface area contributed by atoms with Crippen molar-refractivity contribution < 1.29 is 4.92 Å². The van der Waals surface area contributed by atoms with E-state index in [9.17, 15) is 15.4 Å². The molecule has 0 amide bonds. The van der Waals surface area contributed by atoms with Crippen molar-refractivity contribution in [2.75, 3.05) is 5.73 Å². The maximum absolute atomic E-state index is 11.8. The van der Waals surface area contributed by atoms with Gasteiger partial charge in [-0.15, -0.1) is 0 Å². The van der Waals surface area contributed by atoms with Crippen molar-refractivity contribution in [1.82, 2.24) is 0 Å². The van der Waals surface area contributed by atoms with Crippen molar-refractivity contribution >= 4 is 22.1 Å². The van der Waals surface area contributed by atoms with Crippen molar-refractivity contribution in [1.29, 1.82) is 5.26 Å². The third-order valence-corrected chi connectivity index (χ3v) is 4.78. The minimum Gasteiger partial charge on any atom is -0.392 e. The van der Waals surface area contributed by atoms with Gasteiger partial charge in [-0.2, -0.15) is 5.26 Å². The molecule has 0 heterocycles. The first-order chi connectivity index (χ1) is 13.6. The first-order valence-electron chi connectivity index (χ1n) is 8.65. The molecule has 4 aromatic carbocycles. The molecule has 2 N–H and O–H groups in total. The van der Waals surface area contributed by atoms with Gasteiger partial charge in [0.15, 0.2) is 0 Å². The molecule has 0 saturated carbocycles. The van der Waals surface area contributed by atoms with Gasteiger partial charge in [0.05, 0.1) is 16.1 Å². The Bertz CT molecular complexity index is 1260.